The van der Waals surface area contributed by atoms with Crippen LogP contribution in [0.25, 0.3) is 5.65 Å². The average molecular weight is 432 g/mol. The summed E-state index contributed by atoms with van der Waals surface area (Å²) in [4.78, 5) is 42.2. The third kappa shape index (κ3) is 4.33. The highest BCUT2D eigenvalue weighted by atomic mass is 19.1. The van der Waals surface area contributed by atoms with E-state index in [1.807, 2.05) is 0 Å². The van der Waals surface area contributed by atoms with Crippen molar-refractivity contribution in [3.8, 4) is 0 Å². The highest BCUT2D eigenvalue weighted by Crippen LogP contribution is 2.42. The summed E-state index contributed by atoms with van der Waals surface area (Å²) in [5.41, 5.74) is -0.902. The second kappa shape index (κ2) is 7.51. The van der Waals surface area contributed by atoms with Gasteiger partial charge in [0.1, 0.15) is 16.8 Å². The molecule has 2 aliphatic rings. The number of halogens is 1. The van der Waals surface area contributed by atoms with E-state index >= 15 is 0 Å². The van der Waals surface area contributed by atoms with Crippen molar-refractivity contribution in [2.75, 3.05) is 18.0 Å². The average Bonchev–Trinajstić information content (AvgIpc) is 3.39. The molecule has 1 atom stereocenters. The zero-order chi connectivity index (χ0) is 22.5. The van der Waals surface area contributed by atoms with Crippen LogP contribution in [0, 0.1) is 5.82 Å². The number of alkyl carbamates (subject to hydrolysis) is 1. The van der Waals surface area contributed by atoms with Crippen molar-refractivity contribution < 1.29 is 23.8 Å². The van der Waals surface area contributed by atoms with Crippen molar-refractivity contribution >= 4 is 23.5 Å². The van der Waals surface area contributed by atoms with E-state index < -0.39 is 34.6 Å². The van der Waals surface area contributed by atoms with Crippen LogP contribution in [0.5, 0.6) is 0 Å². The highest BCUT2D eigenvalue weighted by molar-refractivity contribution is 5.88. The highest BCUT2D eigenvalue weighted by Gasteiger charge is 2.32. The molecule has 3 heterocycles. The van der Waals surface area contributed by atoms with Crippen LogP contribution in [-0.4, -0.2) is 51.3 Å². The van der Waals surface area contributed by atoms with Gasteiger partial charge in [-0.05, 0) is 57.6 Å². The fourth-order valence-corrected chi connectivity index (χ4v) is 3.82. The van der Waals surface area contributed by atoms with Gasteiger partial charge in [0, 0.05) is 13.1 Å². The van der Waals surface area contributed by atoms with Gasteiger partial charge in [0.05, 0.1) is 12.2 Å². The zero-order valence-corrected chi connectivity index (χ0v) is 17.6. The summed E-state index contributed by atoms with van der Waals surface area (Å²) in [6.07, 6.45) is 2.80. The Hall–Kier alpha value is -3.17. The van der Waals surface area contributed by atoms with Crippen molar-refractivity contribution in [3.05, 3.63) is 39.6 Å². The number of amides is 1. The van der Waals surface area contributed by atoms with Crippen LogP contribution in [0.1, 0.15) is 61.9 Å². The Morgan fingerprint density at radius 1 is 1.29 bits per heavy atom. The van der Waals surface area contributed by atoms with E-state index in [4.69, 9.17) is 4.74 Å². The number of hydrogen-bond donors (Lipinski definition) is 2. The van der Waals surface area contributed by atoms with Crippen molar-refractivity contribution in [1.29, 1.82) is 0 Å². The first-order valence-electron chi connectivity index (χ1n) is 10.3. The second-order valence-corrected chi connectivity index (χ2v) is 9.08. The molecule has 1 aliphatic heterocycles. The number of aromatic carboxylic acids is 1. The largest absolute Gasteiger partial charge is 0.477 e. The molecule has 9 nitrogen and oxygen atoms in total. The molecular formula is C21H25FN4O5. The van der Waals surface area contributed by atoms with Crippen LogP contribution in [0.4, 0.5) is 15.0 Å². The number of fused-ring (bicyclic) bond motifs is 1. The molecule has 2 N–H and O–H groups in total. The van der Waals surface area contributed by atoms with Gasteiger partial charge in [-0.1, -0.05) is 0 Å². The van der Waals surface area contributed by atoms with E-state index in [9.17, 15) is 23.9 Å². The number of carboxylic acid groups (broad SMARTS) is 1. The van der Waals surface area contributed by atoms with E-state index in [0.717, 1.165) is 23.4 Å². The molecule has 2 aromatic rings. The molecule has 0 bridgehead atoms. The number of nitrogens with one attached hydrogen (secondary N) is 1. The first kappa shape index (κ1) is 21.1. The Morgan fingerprint density at radius 2 is 2.00 bits per heavy atom. The van der Waals surface area contributed by atoms with Gasteiger partial charge in [0.2, 0.25) is 0 Å². The molecule has 2 fully saturated rings. The minimum absolute atomic E-state index is 0.0814. The molecular weight excluding hydrogens is 407 g/mol. The maximum absolute atomic E-state index is 14.9. The summed E-state index contributed by atoms with van der Waals surface area (Å²) in [5, 5.41) is 12.1. The fraction of sp³-hybridized carbons (Fsp3) is 0.524. The Morgan fingerprint density at radius 3 is 2.61 bits per heavy atom. The molecule has 4 rings (SSSR count). The number of rotatable bonds is 4. The van der Waals surface area contributed by atoms with E-state index in [1.54, 1.807) is 25.7 Å². The summed E-state index contributed by atoms with van der Waals surface area (Å²) in [7, 11) is 0. The number of carbonyl (C=O) groups is 2. The SMILES string of the molecule is CC(C)(C)OC(=O)NC1CCN(c2nc3c(C4CC4)cc(C(=O)O)c(=O)n3cc2F)C1. The first-order valence-corrected chi connectivity index (χ1v) is 10.3. The number of aromatic nitrogens is 2. The smallest absolute Gasteiger partial charge is 0.407 e. The number of carboxylic acids is 1. The lowest BCUT2D eigenvalue weighted by Gasteiger charge is -2.22. The Kier molecular flexibility index (Phi) is 5.10. The fourth-order valence-electron chi connectivity index (χ4n) is 3.82. The van der Waals surface area contributed by atoms with Gasteiger partial charge in [-0.3, -0.25) is 9.20 Å². The lowest BCUT2D eigenvalue weighted by molar-refractivity contribution is 0.0508. The number of anilines is 1. The Bertz CT molecular complexity index is 1120. The lowest BCUT2D eigenvalue weighted by atomic mass is 10.1. The number of hydrogen-bond acceptors (Lipinski definition) is 6. The summed E-state index contributed by atoms with van der Waals surface area (Å²) >= 11 is 0. The molecule has 1 unspecified atom stereocenters. The summed E-state index contributed by atoms with van der Waals surface area (Å²) in [6, 6.07) is 1.13. The van der Waals surface area contributed by atoms with E-state index in [-0.39, 0.29) is 23.4 Å². The molecule has 1 saturated heterocycles. The third-order valence-corrected chi connectivity index (χ3v) is 5.36. The maximum atomic E-state index is 14.9. The van der Waals surface area contributed by atoms with Gasteiger partial charge in [-0.25, -0.2) is 19.0 Å². The predicted octanol–water partition coefficient (Wildman–Crippen LogP) is 2.51. The Balaban J connectivity index is 1.63. The molecule has 1 aliphatic carbocycles. The van der Waals surface area contributed by atoms with E-state index in [2.05, 4.69) is 10.3 Å². The van der Waals surface area contributed by atoms with Crippen LogP contribution in [0.2, 0.25) is 0 Å². The van der Waals surface area contributed by atoms with E-state index in [0.29, 0.717) is 25.1 Å². The van der Waals surface area contributed by atoms with Crippen molar-refractivity contribution in [2.24, 2.45) is 0 Å². The maximum Gasteiger partial charge on any atom is 0.407 e. The van der Waals surface area contributed by atoms with E-state index in [1.165, 1.54) is 6.07 Å². The molecule has 10 heteroatoms. The van der Waals surface area contributed by atoms with Crippen molar-refractivity contribution in [1.82, 2.24) is 14.7 Å². The molecule has 0 radical (unpaired) electrons. The lowest BCUT2D eigenvalue weighted by Crippen LogP contribution is -2.40. The van der Waals surface area contributed by atoms with Gasteiger partial charge in [0.15, 0.2) is 11.6 Å². The van der Waals surface area contributed by atoms with Crippen molar-refractivity contribution in [2.45, 2.75) is 57.6 Å². The van der Waals surface area contributed by atoms with Crippen LogP contribution >= 0.6 is 0 Å². The quantitative estimate of drug-likeness (QED) is 0.763. The first-order chi connectivity index (χ1) is 14.5. The number of carbonyl (C=O) groups excluding carboxylic acids is 1. The molecule has 2 aromatic heterocycles. The third-order valence-electron chi connectivity index (χ3n) is 5.36. The van der Waals surface area contributed by atoms with Crippen LogP contribution < -0.4 is 15.8 Å². The minimum Gasteiger partial charge on any atom is -0.477 e. The van der Waals surface area contributed by atoms with Crippen LogP contribution in [-0.2, 0) is 4.74 Å². The van der Waals surface area contributed by atoms with Gasteiger partial charge >= 0.3 is 12.1 Å². The topological polar surface area (TPSA) is 113 Å². The number of ether oxygens (including phenoxy) is 1. The second-order valence-electron chi connectivity index (χ2n) is 9.08. The van der Waals surface area contributed by atoms with Crippen molar-refractivity contribution in [3.63, 3.8) is 0 Å². The Labute approximate surface area is 177 Å². The zero-order valence-electron chi connectivity index (χ0n) is 17.6. The molecule has 1 amide bonds. The summed E-state index contributed by atoms with van der Waals surface area (Å²) in [5.74, 6) is -1.88. The molecule has 31 heavy (non-hydrogen) atoms. The van der Waals surface area contributed by atoms with Gasteiger partial charge in [-0.2, -0.15) is 0 Å². The summed E-state index contributed by atoms with van der Waals surface area (Å²) < 4.78 is 21.2. The van der Waals surface area contributed by atoms with Crippen LogP contribution in [0.3, 0.4) is 0 Å². The standard InChI is InChI=1S/C21H25FN4O5/c1-21(2,3)31-20(30)23-12-6-7-25(9-12)17-15(22)10-26-16(24-17)13(11-4-5-11)8-14(18(26)27)19(28)29/h8,10-12H,4-7,9H2,1-3H3,(H,23,30)(H,28,29). The number of nitrogens with zero attached hydrogens (tertiary/aromatic N) is 3. The van der Waals surface area contributed by atoms with Crippen LogP contribution in [0.15, 0.2) is 17.1 Å². The molecule has 166 valence electrons. The van der Waals surface area contributed by atoms with Gasteiger partial charge in [-0.15, -0.1) is 0 Å². The summed E-state index contributed by atoms with van der Waals surface area (Å²) in [6.45, 7) is 6.14. The van der Waals surface area contributed by atoms with Gasteiger partial charge < -0.3 is 20.1 Å². The molecule has 0 aromatic carbocycles. The molecule has 1 saturated carbocycles. The predicted molar refractivity (Wildman–Crippen MR) is 110 cm³/mol. The molecule has 0 spiro atoms. The number of pyridine rings is 1. The van der Waals surface area contributed by atoms with Gasteiger partial charge in [0.25, 0.3) is 5.56 Å². The minimum atomic E-state index is -1.35. The monoisotopic (exact) mass is 432 g/mol. The normalized spacial score (nSPS) is 19.0.